The number of hydrogen-bond donors (Lipinski definition) is 0. The molecule has 0 bridgehead atoms. The molecule has 0 saturated carbocycles. The maximum Gasteiger partial charge on any atom is 0.135 e. The second-order valence-corrected chi connectivity index (χ2v) is 12.5. The Hall–Kier alpha value is -6.46. The van der Waals surface area contributed by atoms with E-state index >= 15 is 0 Å². The zero-order valence-corrected chi connectivity index (χ0v) is 27.0. The van der Waals surface area contributed by atoms with E-state index in [0.717, 1.165) is 94.2 Å². The van der Waals surface area contributed by atoms with Gasteiger partial charge in [-0.15, -0.1) is 0 Å². The topological polar surface area (TPSA) is 41.5 Å². The molecule has 0 spiro atoms. The minimum absolute atomic E-state index is 0.831. The molecule has 0 atom stereocenters. The van der Waals surface area contributed by atoms with Crippen LogP contribution < -0.4 is 9.47 Å². The number of furan rings is 1. The van der Waals surface area contributed by atoms with E-state index < -0.39 is 0 Å². The van der Waals surface area contributed by atoms with Crippen LogP contribution in [0.4, 0.5) is 0 Å². The summed E-state index contributed by atoms with van der Waals surface area (Å²) in [5, 5.41) is 6.86. The number of ether oxygens (including phenoxy) is 2. The Kier molecular flexibility index (Phi) is 5.94. The van der Waals surface area contributed by atoms with Gasteiger partial charge in [0.25, 0.3) is 0 Å². The van der Waals surface area contributed by atoms with Gasteiger partial charge in [-0.3, -0.25) is 0 Å². The van der Waals surface area contributed by atoms with Gasteiger partial charge in [-0.1, -0.05) is 48.5 Å². The molecule has 10 rings (SSSR count). The van der Waals surface area contributed by atoms with Crippen molar-refractivity contribution < 1.29 is 13.9 Å². The highest BCUT2D eigenvalue weighted by atomic mass is 16.5. The molecule has 3 heterocycles. The van der Waals surface area contributed by atoms with E-state index in [1.807, 2.05) is 24.3 Å². The van der Waals surface area contributed by atoms with Crippen molar-refractivity contribution in [1.29, 1.82) is 0 Å². The first-order valence-electron chi connectivity index (χ1n) is 16.4. The van der Waals surface area contributed by atoms with E-state index in [0.29, 0.717) is 0 Å². The molecule has 5 nitrogen and oxygen atoms in total. The quantitative estimate of drug-likeness (QED) is 0.189. The molecule has 0 saturated heterocycles. The van der Waals surface area contributed by atoms with E-state index in [1.165, 1.54) is 5.39 Å². The van der Waals surface area contributed by atoms with E-state index in [4.69, 9.17) is 13.9 Å². The summed E-state index contributed by atoms with van der Waals surface area (Å²) in [6, 6.07) is 51.5. The third-order valence-corrected chi connectivity index (χ3v) is 9.91. The third kappa shape index (κ3) is 4.12. The molecule has 0 aliphatic rings. The summed E-state index contributed by atoms with van der Waals surface area (Å²) in [7, 11) is 3.44. The van der Waals surface area contributed by atoms with Crippen molar-refractivity contribution in [1.82, 2.24) is 9.13 Å². The van der Waals surface area contributed by atoms with Crippen LogP contribution in [0.3, 0.4) is 0 Å². The van der Waals surface area contributed by atoms with Crippen LogP contribution in [0.5, 0.6) is 11.5 Å². The van der Waals surface area contributed by atoms with Crippen molar-refractivity contribution in [3.63, 3.8) is 0 Å². The molecule has 0 N–H and O–H groups in total. The molecule has 0 radical (unpaired) electrons. The van der Waals surface area contributed by atoms with Gasteiger partial charge in [0.2, 0.25) is 0 Å². The van der Waals surface area contributed by atoms with Crippen molar-refractivity contribution in [3.8, 4) is 34.0 Å². The van der Waals surface area contributed by atoms with Crippen LogP contribution in [-0.4, -0.2) is 23.4 Å². The van der Waals surface area contributed by atoms with Gasteiger partial charge in [-0.2, -0.15) is 0 Å². The summed E-state index contributed by atoms with van der Waals surface area (Å²) < 4.78 is 22.2. The second-order valence-electron chi connectivity index (χ2n) is 12.5. The van der Waals surface area contributed by atoms with Crippen LogP contribution in [0.25, 0.3) is 88.1 Å². The molecule has 0 unspecified atom stereocenters. The third-order valence-electron chi connectivity index (χ3n) is 9.91. The fourth-order valence-electron chi connectivity index (χ4n) is 7.60. The van der Waals surface area contributed by atoms with Crippen LogP contribution in [0.1, 0.15) is 0 Å². The number of fused-ring (bicyclic) bond motifs is 9. The van der Waals surface area contributed by atoms with E-state index in [-0.39, 0.29) is 0 Å². The Labute approximate surface area is 281 Å². The first-order chi connectivity index (χ1) is 24.2. The maximum atomic E-state index is 6.16. The van der Waals surface area contributed by atoms with Gasteiger partial charge in [-0.05, 0) is 108 Å². The van der Waals surface area contributed by atoms with Crippen LogP contribution in [0.2, 0.25) is 0 Å². The van der Waals surface area contributed by atoms with Crippen LogP contribution in [-0.2, 0) is 0 Å². The molecule has 7 aromatic carbocycles. The molecule has 49 heavy (non-hydrogen) atoms. The number of para-hydroxylation sites is 2. The highest BCUT2D eigenvalue weighted by Crippen LogP contribution is 2.40. The summed E-state index contributed by atoms with van der Waals surface area (Å²) >= 11 is 0. The Morgan fingerprint density at radius 1 is 0.388 bits per heavy atom. The molecule has 0 amide bonds. The normalized spacial score (nSPS) is 11.9. The lowest BCUT2D eigenvalue weighted by Crippen LogP contribution is -1.94. The lowest BCUT2D eigenvalue weighted by atomic mass is 10.0. The van der Waals surface area contributed by atoms with Crippen molar-refractivity contribution in [2.24, 2.45) is 0 Å². The zero-order valence-electron chi connectivity index (χ0n) is 27.0. The van der Waals surface area contributed by atoms with Gasteiger partial charge in [0.1, 0.15) is 22.7 Å². The molecular weight excluding hydrogens is 604 g/mol. The SMILES string of the molecule is COc1ccc2c(c1)c1cc(-c3ccc4c(c3)c3cc(OC)ccc3n4-c3ccc4oc5ccccc5c4c3)ccc1n2-c1ccccc1. The summed E-state index contributed by atoms with van der Waals surface area (Å²) in [6.07, 6.45) is 0. The monoisotopic (exact) mass is 634 g/mol. The average Bonchev–Trinajstić information content (AvgIpc) is 3.81. The number of benzene rings is 7. The Morgan fingerprint density at radius 2 is 0.898 bits per heavy atom. The highest BCUT2D eigenvalue weighted by molar-refractivity contribution is 6.13. The summed E-state index contributed by atoms with van der Waals surface area (Å²) in [4.78, 5) is 0. The van der Waals surface area contributed by atoms with Crippen LogP contribution in [0, 0.1) is 0 Å². The van der Waals surface area contributed by atoms with Gasteiger partial charge >= 0.3 is 0 Å². The van der Waals surface area contributed by atoms with Crippen molar-refractivity contribution in [2.45, 2.75) is 0 Å². The Bertz CT molecular complexity index is 2910. The predicted octanol–water partition coefficient (Wildman–Crippen LogP) is 11.5. The van der Waals surface area contributed by atoms with Gasteiger partial charge in [0.15, 0.2) is 0 Å². The number of aromatic nitrogens is 2. The largest absolute Gasteiger partial charge is 0.497 e. The molecule has 234 valence electrons. The van der Waals surface area contributed by atoms with Crippen LogP contribution >= 0.6 is 0 Å². The lowest BCUT2D eigenvalue weighted by molar-refractivity contribution is 0.415. The van der Waals surface area contributed by atoms with Crippen molar-refractivity contribution >= 4 is 65.6 Å². The fraction of sp³-hybridized carbons (Fsp3) is 0.0455. The second kappa shape index (κ2) is 10.5. The van der Waals surface area contributed by atoms with E-state index in [2.05, 4.69) is 130 Å². The zero-order chi connectivity index (χ0) is 32.6. The molecule has 3 aromatic heterocycles. The number of methoxy groups -OCH3 is 2. The first kappa shape index (κ1) is 27.6. The van der Waals surface area contributed by atoms with Gasteiger partial charge in [-0.25, -0.2) is 0 Å². The van der Waals surface area contributed by atoms with E-state index in [9.17, 15) is 0 Å². The molecule has 5 heteroatoms. The molecule has 0 fully saturated rings. The molecular formula is C44H30N2O3. The van der Waals surface area contributed by atoms with Crippen molar-refractivity contribution in [3.05, 3.63) is 146 Å². The van der Waals surface area contributed by atoms with Gasteiger partial charge < -0.3 is 23.0 Å². The number of nitrogens with zero attached hydrogens (tertiary/aromatic N) is 2. The molecule has 0 aliphatic heterocycles. The standard InChI is InChI=1S/C44H30N2O3/c1-47-31-15-19-41-36(25-31)34-22-27(12-17-39(34)45(41)29-8-4-3-5-9-29)28-13-18-40-35(23-28)37-26-32(48-2)16-20-42(37)46(40)30-14-21-44-38(24-30)33-10-6-7-11-43(33)49-44/h3-26H,1-2H3. The maximum absolute atomic E-state index is 6.16. The minimum atomic E-state index is 0.831. The Morgan fingerprint density at radius 3 is 1.51 bits per heavy atom. The smallest absolute Gasteiger partial charge is 0.135 e. The predicted molar refractivity (Wildman–Crippen MR) is 201 cm³/mol. The summed E-state index contributed by atoms with van der Waals surface area (Å²) in [5.41, 5.74) is 10.8. The summed E-state index contributed by atoms with van der Waals surface area (Å²) in [6.45, 7) is 0. The first-order valence-corrected chi connectivity index (χ1v) is 16.4. The highest BCUT2D eigenvalue weighted by Gasteiger charge is 2.18. The van der Waals surface area contributed by atoms with Gasteiger partial charge in [0, 0.05) is 43.7 Å². The lowest BCUT2D eigenvalue weighted by Gasteiger charge is -2.09. The number of hydrogen-bond acceptors (Lipinski definition) is 3. The Balaban J connectivity index is 1.19. The summed E-state index contributed by atoms with van der Waals surface area (Å²) in [5.74, 6) is 1.67. The fourth-order valence-corrected chi connectivity index (χ4v) is 7.60. The van der Waals surface area contributed by atoms with Crippen LogP contribution in [0.15, 0.2) is 150 Å². The van der Waals surface area contributed by atoms with E-state index in [1.54, 1.807) is 14.2 Å². The average molecular weight is 635 g/mol. The minimum Gasteiger partial charge on any atom is -0.497 e. The molecule has 10 aromatic rings. The van der Waals surface area contributed by atoms with Gasteiger partial charge in [0.05, 0.1) is 36.3 Å². The number of rotatable bonds is 5. The van der Waals surface area contributed by atoms with Crippen molar-refractivity contribution in [2.75, 3.05) is 14.2 Å². The molecule has 0 aliphatic carbocycles.